The quantitative estimate of drug-likeness (QED) is 0.779. The molecule has 0 atom stereocenters. The molecule has 0 saturated heterocycles. The number of benzene rings is 1. The molecule has 0 aliphatic carbocycles. The van der Waals surface area contributed by atoms with E-state index in [4.69, 9.17) is 9.57 Å². The van der Waals surface area contributed by atoms with Gasteiger partial charge in [0.25, 0.3) is 0 Å². The average Bonchev–Trinajstić information content (AvgIpc) is 2.23. The molecule has 3 heteroatoms. The normalized spacial score (nSPS) is 10.9. The van der Waals surface area contributed by atoms with Crippen molar-refractivity contribution in [1.29, 1.82) is 0 Å². The lowest BCUT2D eigenvalue weighted by molar-refractivity contribution is 0.0855. The van der Waals surface area contributed by atoms with E-state index in [0.29, 0.717) is 6.54 Å². The third-order valence-corrected chi connectivity index (χ3v) is 2.52. The molecule has 3 nitrogen and oxygen atoms in total. The molecule has 0 aromatic heterocycles. The molecule has 0 aliphatic heterocycles. The van der Waals surface area contributed by atoms with E-state index in [1.807, 2.05) is 13.8 Å². The van der Waals surface area contributed by atoms with Crippen LogP contribution in [0.25, 0.3) is 0 Å². The van der Waals surface area contributed by atoms with E-state index in [0.717, 1.165) is 11.3 Å². The number of aryl methyl sites for hydroxylation is 1. The average molecular weight is 223 g/mol. The lowest BCUT2D eigenvalue weighted by Crippen LogP contribution is -2.15. The predicted octanol–water partition coefficient (Wildman–Crippen LogP) is 2.74. The molecule has 90 valence electrons. The Morgan fingerprint density at radius 2 is 1.94 bits per heavy atom. The van der Waals surface area contributed by atoms with E-state index in [1.54, 1.807) is 7.11 Å². The molecule has 0 unspecified atom stereocenters. The van der Waals surface area contributed by atoms with Crippen molar-refractivity contribution in [2.75, 3.05) is 7.11 Å². The second kappa shape index (κ2) is 5.87. The van der Waals surface area contributed by atoms with E-state index < -0.39 is 0 Å². The van der Waals surface area contributed by atoms with Crippen molar-refractivity contribution in [3.8, 4) is 5.75 Å². The van der Waals surface area contributed by atoms with E-state index in [1.165, 1.54) is 11.1 Å². The summed E-state index contributed by atoms with van der Waals surface area (Å²) in [5.74, 6) is 0.972. The van der Waals surface area contributed by atoms with Crippen molar-refractivity contribution in [3.63, 3.8) is 0 Å². The molecule has 0 saturated carbocycles. The number of ether oxygens (including phenoxy) is 1. The molecule has 1 N–H and O–H groups in total. The lowest BCUT2D eigenvalue weighted by atomic mass is 10.0. The van der Waals surface area contributed by atoms with Gasteiger partial charge in [0.05, 0.1) is 13.2 Å². The smallest absolute Gasteiger partial charge is 0.127 e. The molecule has 16 heavy (non-hydrogen) atoms. The Balaban J connectivity index is 3.01. The van der Waals surface area contributed by atoms with Gasteiger partial charge in [-0.15, -0.1) is 0 Å². The summed E-state index contributed by atoms with van der Waals surface area (Å²) < 4.78 is 5.86. The Labute approximate surface area is 97.7 Å². The molecular weight excluding hydrogens is 202 g/mol. The summed E-state index contributed by atoms with van der Waals surface area (Å²) in [6, 6.07) is 4.18. The molecule has 0 amide bonds. The van der Waals surface area contributed by atoms with E-state index in [2.05, 4.69) is 31.5 Å². The predicted molar refractivity (Wildman–Crippen MR) is 65.5 cm³/mol. The van der Waals surface area contributed by atoms with Crippen LogP contribution in [-0.4, -0.2) is 13.2 Å². The summed E-state index contributed by atoms with van der Waals surface area (Å²) in [6.45, 7) is 8.91. The minimum Gasteiger partial charge on any atom is -0.490 e. The molecule has 1 aromatic carbocycles. The van der Waals surface area contributed by atoms with Gasteiger partial charge < -0.3 is 9.57 Å². The van der Waals surface area contributed by atoms with Crippen LogP contribution in [0.2, 0.25) is 0 Å². The van der Waals surface area contributed by atoms with Crippen LogP contribution >= 0.6 is 0 Å². The van der Waals surface area contributed by atoms with E-state index in [-0.39, 0.29) is 6.10 Å². The zero-order chi connectivity index (χ0) is 12.1. The highest BCUT2D eigenvalue weighted by Crippen LogP contribution is 2.27. The Hall–Kier alpha value is -1.06. The van der Waals surface area contributed by atoms with Gasteiger partial charge in [0.1, 0.15) is 5.75 Å². The highest BCUT2D eigenvalue weighted by Gasteiger charge is 2.10. The Morgan fingerprint density at radius 3 is 2.50 bits per heavy atom. The lowest BCUT2D eigenvalue weighted by Gasteiger charge is -2.18. The van der Waals surface area contributed by atoms with Gasteiger partial charge in [-0.2, -0.15) is 5.48 Å². The van der Waals surface area contributed by atoms with Gasteiger partial charge in [0.2, 0.25) is 0 Å². The first-order valence-electron chi connectivity index (χ1n) is 5.57. The van der Waals surface area contributed by atoms with Gasteiger partial charge in [-0.1, -0.05) is 12.1 Å². The largest absolute Gasteiger partial charge is 0.490 e. The van der Waals surface area contributed by atoms with Crippen LogP contribution in [0.15, 0.2) is 12.1 Å². The fourth-order valence-electron chi connectivity index (χ4n) is 1.54. The molecule has 0 aliphatic rings. The number of hydrogen-bond donors (Lipinski definition) is 1. The standard InChI is InChI=1S/C13H21NO2/c1-9(2)16-13-11(4)10(3)6-7-12(13)8-14-15-5/h6-7,9,14H,8H2,1-5H3. The maximum atomic E-state index is 5.86. The first-order valence-corrected chi connectivity index (χ1v) is 5.57. The minimum atomic E-state index is 0.182. The number of hydroxylamine groups is 1. The van der Waals surface area contributed by atoms with Crippen LogP contribution in [0.3, 0.4) is 0 Å². The first kappa shape index (κ1) is 13.0. The minimum absolute atomic E-state index is 0.182. The SMILES string of the molecule is CONCc1ccc(C)c(C)c1OC(C)C. The van der Waals surface area contributed by atoms with Crippen molar-refractivity contribution in [2.24, 2.45) is 0 Å². The highest BCUT2D eigenvalue weighted by molar-refractivity contribution is 5.45. The van der Waals surface area contributed by atoms with Crippen molar-refractivity contribution in [3.05, 3.63) is 28.8 Å². The molecule has 1 aromatic rings. The van der Waals surface area contributed by atoms with Crippen LogP contribution < -0.4 is 10.2 Å². The fourth-order valence-corrected chi connectivity index (χ4v) is 1.54. The summed E-state index contributed by atoms with van der Waals surface area (Å²) in [4.78, 5) is 4.87. The molecule has 0 fully saturated rings. The maximum absolute atomic E-state index is 5.86. The molecule has 0 bridgehead atoms. The highest BCUT2D eigenvalue weighted by atomic mass is 16.6. The second-order valence-corrected chi connectivity index (χ2v) is 4.19. The van der Waals surface area contributed by atoms with Gasteiger partial charge >= 0.3 is 0 Å². The summed E-state index contributed by atoms with van der Waals surface area (Å²) >= 11 is 0. The zero-order valence-electron chi connectivity index (χ0n) is 10.8. The number of rotatable bonds is 5. The van der Waals surface area contributed by atoms with Crippen LogP contribution in [0.4, 0.5) is 0 Å². The summed E-state index contributed by atoms with van der Waals surface area (Å²) in [5.41, 5.74) is 6.41. The van der Waals surface area contributed by atoms with Gasteiger partial charge in [-0.3, -0.25) is 0 Å². The third-order valence-electron chi connectivity index (χ3n) is 2.52. The molecule has 0 radical (unpaired) electrons. The Morgan fingerprint density at radius 1 is 1.25 bits per heavy atom. The molecule has 0 heterocycles. The second-order valence-electron chi connectivity index (χ2n) is 4.19. The molecule has 1 rings (SSSR count). The zero-order valence-corrected chi connectivity index (χ0v) is 10.8. The van der Waals surface area contributed by atoms with Crippen molar-refractivity contribution in [1.82, 2.24) is 5.48 Å². The van der Waals surface area contributed by atoms with Crippen LogP contribution in [0, 0.1) is 13.8 Å². The number of hydrogen-bond acceptors (Lipinski definition) is 3. The monoisotopic (exact) mass is 223 g/mol. The first-order chi connectivity index (χ1) is 7.56. The fraction of sp³-hybridized carbons (Fsp3) is 0.538. The molecular formula is C13H21NO2. The molecule has 0 spiro atoms. The Bertz CT molecular complexity index is 348. The van der Waals surface area contributed by atoms with Gasteiger partial charge in [-0.25, -0.2) is 0 Å². The summed E-state index contributed by atoms with van der Waals surface area (Å²) in [7, 11) is 1.62. The van der Waals surface area contributed by atoms with Crippen LogP contribution in [-0.2, 0) is 11.4 Å². The maximum Gasteiger partial charge on any atom is 0.127 e. The number of nitrogens with one attached hydrogen (secondary N) is 1. The van der Waals surface area contributed by atoms with Crippen molar-refractivity contribution < 1.29 is 9.57 Å². The van der Waals surface area contributed by atoms with E-state index >= 15 is 0 Å². The van der Waals surface area contributed by atoms with Crippen molar-refractivity contribution >= 4 is 0 Å². The van der Waals surface area contributed by atoms with Crippen molar-refractivity contribution in [2.45, 2.75) is 40.3 Å². The summed E-state index contributed by atoms with van der Waals surface area (Å²) in [5, 5.41) is 0. The topological polar surface area (TPSA) is 30.5 Å². The Kier molecular flexibility index (Phi) is 4.77. The van der Waals surface area contributed by atoms with Gasteiger partial charge in [0.15, 0.2) is 0 Å². The van der Waals surface area contributed by atoms with E-state index in [9.17, 15) is 0 Å². The summed E-state index contributed by atoms with van der Waals surface area (Å²) in [6.07, 6.45) is 0.182. The van der Waals surface area contributed by atoms with Gasteiger partial charge in [0, 0.05) is 12.1 Å². The van der Waals surface area contributed by atoms with Crippen LogP contribution in [0.5, 0.6) is 5.75 Å². The van der Waals surface area contributed by atoms with Crippen LogP contribution in [0.1, 0.15) is 30.5 Å². The third kappa shape index (κ3) is 3.22. The van der Waals surface area contributed by atoms with Gasteiger partial charge in [-0.05, 0) is 38.8 Å².